The molecule has 0 heterocycles. The molecule has 1 atom stereocenters. The monoisotopic (exact) mass is 574 g/mol. The van der Waals surface area contributed by atoms with E-state index in [0.717, 1.165) is 64.2 Å². The lowest BCUT2D eigenvalue weighted by molar-refractivity contribution is -0.432. The quantitative estimate of drug-likeness (QED) is 0.0371. The van der Waals surface area contributed by atoms with Crippen LogP contribution in [0.25, 0.3) is 0 Å². The van der Waals surface area contributed by atoms with Crippen LogP contribution in [0.4, 0.5) is 17.6 Å². The van der Waals surface area contributed by atoms with Gasteiger partial charge < -0.3 is 0 Å². The summed E-state index contributed by atoms with van der Waals surface area (Å²) in [5, 5.41) is 11.3. The van der Waals surface area contributed by atoms with Gasteiger partial charge in [0, 0.05) is 0 Å². The molecule has 0 saturated heterocycles. The molecule has 1 rings (SSSR count). The summed E-state index contributed by atoms with van der Waals surface area (Å²) in [6, 6.07) is 0. The number of sulfone groups is 1. The van der Waals surface area contributed by atoms with Crippen molar-refractivity contribution < 1.29 is 40.6 Å². The van der Waals surface area contributed by atoms with Gasteiger partial charge in [-0.1, -0.05) is 109 Å². The standard InChI is InChI=1S/C26H42F4O5S2/c1-3-5-7-9-11-12-14-16-18-20(17-15-13-10-8-6-4-2)19-37(32,33)26-23(29)21(27)25(36-35-34-31)22(28)24(26)30/h20,31H,3-19H2,1-2H3. The second-order valence-electron chi connectivity index (χ2n) is 9.61. The summed E-state index contributed by atoms with van der Waals surface area (Å²) in [5.74, 6) is -8.87. The van der Waals surface area contributed by atoms with E-state index in [-0.39, 0.29) is 18.0 Å². The summed E-state index contributed by atoms with van der Waals surface area (Å²) in [4.78, 5) is -2.91. The topological polar surface area (TPSA) is 72.8 Å². The highest BCUT2D eigenvalue weighted by molar-refractivity contribution is 7.94. The lowest BCUT2D eigenvalue weighted by Crippen LogP contribution is -2.21. The predicted octanol–water partition coefficient (Wildman–Crippen LogP) is 9.34. The summed E-state index contributed by atoms with van der Waals surface area (Å²) in [6.07, 6.45) is 15.9. The molecule has 0 fully saturated rings. The molecule has 0 aliphatic carbocycles. The Morgan fingerprint density at radius 2 is 1.11 bits per heavy atom. The van der Waals surface area contributed by atoms with Crippen molar-refractivity contribution >= 4 is 21.9 Å². The molecule has 0 aromatic heterocycles. The lowest BCUT2D eigenvalue weighted by Gasteiger charge is -2.18. The van der Waals surface area contributed by atoms with Crippen LogP contribution in [0.15, 0.2) is 9.79 Å². The second kappa shape index (κ2) is 19.2. The minimum Gasteiger partial charge on any atom is -0.223 e. The zero-order valence-electron chi connectivity index (χ0n) is 22.0. The first-order valence-electron chi connectivity index (χ1n) is 13.4. The van der Waals surface area contributed by atoms with Crippen LogP contribution in [-0.2, 0) is 19.2 Å². The SMILES string of the molecule is CCCCCCCCCCC(CCCCCCCC)CS(=O)(=O)c1c(F)c(F)c(SOOO)c(F)c1F. The highest BCUT2D eigenvalue weighted by Gasteiger charge is 2.35. The van der Waals surface area contributed by atoms with Gasteiger partial charge in [-0.2, -0.15) is 0 Å². The fraction of sp³-hybridized carbons (Fsp3) is 0.769. The van der Waals surface area contributed by atoms with Gasteiger partial charge in [0.1, 0.15) is 9.79 Å². The van der Waals surface area contributed by atoms with E-state index in [0.29, 0.717) is 12.8 Å². The first-order valence-corrected chi connectivity index (χ1v) is 15.8. The smallest absolute Gasteiger partial charge is 0.184 e. The van der Waals surface area contributed by atoms with Gasteiger partial charge in [0.2, 0.25) is 0 Å². The molecule has 1 unspecified atom stereocenters. The molecular weight excluding hydrogens is 532 g/mol. The van der Waals surface area contributed by atoms with Gasteiger partial charge in [-0.15, -0.1) is 4.33 Å². The van der Waals surface area contributed by atoms with E-state index in [1.807, 2.05) is 0 Å². The van der Waals surface area contributed by atoms with E-state index in [2.05, 4.69) is 23.2 Å². The Balaban J connectivity index is 2.92. The Morgan fingerprint density at radius 1 is 0.703 bits per heavy atom. The lowest BCUT2D eigenvalue weighted by atomic mass is 9.95. The summed E-state index contributed by atoms with van der Waals surface area (Å²) < 4.78 is 87.9. The molecule has 0 saturated carbocycles. The van der Waals surface area contributed by atoms with Crippen molar-refractivity contribution in [2.75, 3.05) is 5.75 Å². The van der Waals surface area contributed by atoms with Crippen molar-refractivity contribution in [2.24, 2.45) is 5.92 Å². The third-order valence-electron chi connectivity index (χ3n) is 6.53. The van der Waals surface area contributed by atoms with Gasteiger partial charge >= 0.3 is 0 Å². The number of rotatable bonds is 22. The first kappa shape index (κ1) is 34.1. The number of unbranched alkanes of at least 4 members (excludes halogenated alkanes) is 12. The molecule has 0 aliphatic heterocycles. The van der Waals surface area contributed by atoms with Crippen molar-refractivity contribution in [1.29, 1.82) is 0 Å². The maximum atomic E-state index is 14.6. The molecule has 1 N–H and O–H groups in total. The van der Waals surface area contributed by atoms with Crippen LogP contribution < -0.4 is 0 Å². The predicted molar refractivity (Wildman–Crippen MR) is 138 cm³/mol. The fourth-order valence-corrected chi connectivity index (χ4v) is 6.74. The molecule has 11 heteroatoms. The zero-order chi connectivity index (χ0) is 27.7. The van der Waals surface area contributed by atoms with Gasteiger partial charge in [0.05, 0.1) is 17.8 Å². The number of halogens is 4. The Kier molecular flexibility index (Phi) is 17.7. The summed E-state index contributed by atoms with van der Waals surface area (Å²) in [6.45, 7) is 4.28. The van der Waals surface area contributed by atoms with Gasteiger partial charge in [0.15, 0.2) is 33.1 Å². The van der Waals surface area contributed by atoms with Crippen molar-refractivity contribution in [2.45, 2.75) is 126 Å². The largest absolute Gasteiger partial charge is 0.223 e. The van der Waals surface area contributed by atoms with E-state index in [9.17, 15) is 26.0 Å². The molecule has 0 spiro atoms. The van der Waals surface area contributed by atoms with Crippen LogP contribution >= 0.6 is 12.0 Å². The normalized spacial score (nSPS) is 12.8. The molecule has 5 nitrogen and oxygen atoms in total. The average Bonchev–Trinajstić information content (AvgIpc) is 2.86. The Labute approximate surface area is 223 Å². The Bertz CT molecular complexity index is 855. The van der Waals surface area contributed by atoms with Crippen molar-refractivity contribution in [3.8, 4) is 0 Å². The van der Waals surface area contributed by atoms with Gasteiger partial charge in [-0.05, 0) is 18.8 Å². The molecule has 216 valence electrons. The van der Waals surface area contributed by atoms with E-state index < -0.39 is 48.6 Å². The Hall–Kier alpha value is -0.880. The van der Waals surface area contributed by atoms with E-state index in [1.54, 1.807) is 0 Å². The Morgan fingerprint density at radius 3 is 1.51 bits per heavy atom. The average molecular weight is 575 g/mol. The van der Waals surface area contributed by atoms with E-state index >= 15 is 0 Å². The van der Waals surface area contributed by atoms with Crippen LogP contribution in [0.5, 0.6) is 0 Å². The molecule has 1 aromatic rings. The highest BCUT2D eigenvalue weighted by Crippen LogP contribution is 2.35. The van der Waals surface area contributed by atoms with Crippen LogP contribution in [0.3, 0.4) is 0 Å². The van der Waals surface area contributed by atoms with Crippen molar-refractivity contribution in [3.63, 3.8) is 0 Å². The molecule has 0 bridgehead atoms. The zero-order valence-corrected chi connectivity index (χ0v) is 23.6. The number of benzene rings is 1. The molecule has 0 radical (unpaired) electrons. The minimum absolute atomic E-state index is 0.321. The van der Waals surface area contributed by atoms with Gasteiger partial charge in [-0.25, -0.2) is 31.2 Å². The van der Waals surface area contributed by atoms with Crippen LogP contribution in [-0.4, -0.2) is 19.4 Å². The summed E-state index contributed by atoms with van der Waals surface area (Å²) in [7, 11) is -4.67. The van der Waals surface area contributed by atoms with Crippen molar-refractivity contribution in [1.82, 2.24) is 0 Å². The van der Waals surface area contributed by atoms with Crippen molar-refractivity contribution in [3.05, 3.63) is 23.3 Å². The minimum atomic E-state index is -4.67. The fourth-order valence-electron chi connectivity index (χ4n) is 4.47. The first-order chi connectivity index (χ1) is 17.7. The highest BCUT2D eigenvalue weighted by atomic mass is 32.2. The van der Waals surface area contributed by atoms with E-state index in [4.69, 9.17) is 5.26 Å². The van der Waals surface area contributed by atoms with E-state index in [1.165, 1.54) is 25.7 Å². The number of hydrogen-bond donors (Lipinski definition) is 1. The third-order valence-corrected chi connectivity index (χ3v) is 9.07. The summed E-state index contributed by atoms with van der Waals surface area (Å²) in [5.41, 5.74) is 0. The number of hydrogen-bond acceptors (Lipinski definition) is 6. The van der Waals surface area contributed by atoms with Crippen LogP contribution in [0.2, 0.25) is 0 Å². The molecule has 1 aromatic carbocycles. The summed E-state index contributed by atoms with van der Waals surface area (Å²) >= 11 is -0.321. The molecule has 0 aliphatic rings. The van der Waals surface area contributed by atoms with Crippen LogP contribution in [0, 0.1) is 29.2 Å². The third kappa shape index (κ3) is 12.2. The van der Waals surface area contributed by atoms with Crippen LogP contribution in [0.1, 0.15) is 117 Å². The van der Waals surface area contributed by atoms with Gasteiger partial charge in [-0.3, -0.25) is 0 Å². The molecule has 0 amide bonds. The molecular formula is C26H42F4O5S2. The maximum Gasteiger partial charge on any atom is 0.184 e. The molecule has 37 heavy (non-hydrogen) atoms. The second-order valence-corrected chi connectivity index (χ2v) is 12.3. The van der Waals surface area contributed by atoms with Gasteiger partial charge in [0.25, 0.3) is 0 Å². The maximum absolute atomic E-state index is 14.6.